The van der Waals surface area contributed by atoms with Crippen LogP contribution in [0.3, 0.4) is 0 Å². The molecule has 2 aromatic carbocycles. The van der Waals surface area contributed by atoms with E-state index < -0.39 is 55.1 Å². The second kappa shape index (κ2) is 10.9. The normalized spacial score (nSPS) is 18.5. The summed E-state index contributed by atoms with van der Waals surface area (Å²) in [5.74, 6) is -3.69. The number of cyclic esters (lactones) is 1. The fraction of sp³-hybridized carbons (Fsp3) is 0.375. The second-order valence-corrected chi connectivity index (χ2v) is 7.79. The van der Waals surface area contributed by atoms with E-state index >= 15 is 0 Å². The lowest BCUT2D eigenvalue weighted by Crippen LogP contribution is -2.66. The molecule has 3 atom stereocenters. The minimum absolute atomic E-state index is 0.0770. The fourth-order valence-corrected chi connectivity index (χ4v) is 3.63. The number of benzene rings is 2. The van der Waals surface area contributed by atoms with Crippen LogP contribution >= 0.6 is 0 Å². The molecule has 1 saturated heterocycles. The molecule has 1 heterocycles. The molecule has 1 aliphatic heterocycles. The van der Waals surface area contributed by atoms with Gasteiger partial charge < -0.3 is 19.3 Å². The van der Waals surface area contributed by atoms with E-state index in [0.717, 1.165) is 0 Å². The average molecular weight is 495 g/mol. The third-order valence-corrected chi connectivity index (χ3v) is 5.39. The van der Waals surface area contributed by atoms with Crippen molar-refractivity contribution in [2.75, 3.05) is 13.2 Å². The lowest BCUT2D eigenvalue weighted by molar-refractivity contribution is -0.291. The Hall–Kier alpha value is -3.44. The van der Waals surface area contributed by atoms with Gasteiger partial charge in [-0.05, 0) is 24.5 Å². The van der Waals surface area contributed by atoms with Gasteiger partial charge in [-0.1, -0.05) is 60.7 Å². The Morgan fingerprint density at radius 1 is 1.09 bits per heavy atom. The largest absolute Gasteiger partial charge is 0.464 e. The topological polar surface area (TPSA) is 102 Å². The first-order chi connectivity index (χ1) is 16.6. The van der Waals surface area contributed by atoms with Crippen molar-refractivity contribution in [1.29, 1.82) is 0 Å². The van der Waals surface area contributed by atoms with Gasteiger partial charge in [0, 0.05) is 0 Å². The predicted molar refractivity (Wildman–Crippen MR) is 115 cm³/mol. The lowest BCUT2D eigenvalue weighted by atomic mass is 9.93. The summed E-state index contributed by atoms with van der Waals surface area (Å²) >= 11 is 0. The fourth-order valence-electron chi connectivity index (χ4n) is 3.63. The summed E-state index contributed by atoms with van der Waals surface area (Å²) < 4.78 is 57.0. The van der Waals surface area contributed by atoms with Gasteiger partial charge in [0.15, 0.2) is 6.10 Å². The zero-order valence-electron chi connectivity index (χ0n) is 18.7. The smallest absolute Gasteiger partial charge is 0.431 e. The Morgan fingerprint density at radius 3 is 2.20 bits per heavy atom. The van der Waals surface area contributed by atoms with E-state index in [1.807, 2.05) is 0 Å². The number of nitrogens with zero attached hydrogens (tertiary/aromatic N) is 1. The van der Waals surface area contributed by atoms with Crippen molar-refractivity contribution in [3.05, 3.63) is 71.8 Å². The second-order valence-electron chi connectivity index (χ2n) is 7.79. The van der Waals surface area contributed by atoms with Crippen molar-refractivity contribution in [1.82, 2.24) is 4.90 Å². The third-order valence-electron chi connectivity index (χ3n) is 5.39. The maximum absolute atomic E-state index is 14.1. The molecule has 0 aliphatic carbocycles. The molecule has 3 rings (SSSR count). The molecule has 1 N–H and O–H groups in total. The number of amides is 2. The van der Waals surface area contributed by atoms with E-state index in [0.29, 0.717) is 16.0 Å². The number of alkyl halides is 3. The first-order valence-corrected chi connectivity index (χ1v) is 10.7. The molecular weight excluding hydrogens is 471 g/mol. The average Bonchev–Trinajstić information content (AvgIpc) is 3.19. The van der Waals surface area contributed by atoms with E-state index in [1.54, 1.807) is 48.5 Å². The molecule has 0 radical (unpaired) electrons. The monoisotopic (exact) mass is 495 g/mol. The molecule has 0 spiro atoms. The summed E-state index contributed by atoms with van der Waals surface area (Å²) in [5, 5.41) is 10.7. The summed E-state index contributed by atoms with van der Waals surface area (Å²) in [6, 6.07) is 15.5. The van der Waals surface area contributed by atoms with Crippen LogP contribution in [0.15, 0.2) is 60.7 Å². The molecule has 0 bridgehead atoms. The number of hydrogen-bond acceptors (Lipinski definition) is 7. The highest BCUT2D eigenvalue weighted by Gasteiger charge is 2.69. The van der Waals surface area contributed by atoms with Crippen LogP contribution in [-0.4, -0.2) is 65.1 Å². The van der Waals surface area contributed by atoms with Gasteiger partial charge in [0.25, 0.3) is 11.5 Å². The van der Waals surface area contributed by atoms with Crippen LogP contribution < -0.4 is 0 Å². The number of esters is 1. The number of halogens is 3. The van der Waals surface area contributed by atoms with Crippen LogP contribution in [0.4, 0.5) is 18.0 Å². The van der Waals surface area contributed by atoms with Crippen molar-refractivity contribution in [3.63, 3.8) is 0 Å². The van der Waals surface area contributed by atoms with Gasteiger partial charge in [-0.2, -0.15) is 13.2 Å². The van der Waals surface area contributed by atoms with Gasteiger partial charge in [0.2, 0.25) is 0 Å². The minimum atomic E-state index is -5.67. The lowest BCUT2D eigenvalue weighted by Gasteiger charge is -2.36. The standard InChI is InChI=1S/C24H24F3NO7/c1-2-33-21(30)23(32,24(25,26)27)19(34-14-17-11-7-4-8-12-17)20(29)28-18(15-35-22(28)31)13-16-9-5-3-6-10-16/h3-12,18-19,32H,2,13-15H2,1H3/t18-,19?,23?/m0/s1. The molecular formula is C24H24F3NO7. The van der Waals surface area contributed by atoms with Gasteiger partial charge in [-0.25, -0.2) is 14.5 Å². The van der Waals surface area contributed by atoms with Crippen molar-refractivity contribution in [2.45, 2.75) is 43.9 Å². The summed E-state index contributed by atoms with van der Waals surface area (Å²) in [6.45, 7) is -0.112. The van der Waals surface area contributed by atoms with E-state index in [1.165, 1.54) is 19.1 Å². The number of carbonyl (C=O) groups is 3. The summed E-state index contributed by atoms with van der Waals surface area (Å²) in [7, 11) is 0. The Kier molecular flexibility index (Phi) is 8.13. The van der Waals surface area contributed by atoms with E-state index in [9.17, 15) is 32.7 Å². The van der Waals surface area contributed by atoms with Crippen LogP contribution in [0.2, 0.25) is 0 Å². The van der Waals surface area contributed by atoms with Crippen LogP contribution in [0.25, 0.3) is 0 Å². The summed E-state index contributed by atoms with van der Waals surface area (Å²) in [6.07, 6.45) is -9.65. The minimum Gasteiger partial charge on any atom is -0.464 e. The van der Waals surface area contributed by atoms with Crippen LogP contribution in [-0.2, 0) is 36.8 Å². The summed E-state index contributed by atoms with van der Waals surface area (Å²) in [4.78, 5) is 38.7. The number of ether oxygens (including phenoxy) is 3. The third kappa shape index (κ3) is 5.63. The van der Waals surface area contributed by atoms with Crippen molar-refractivity contribution < 1.29 is 46.9 Å². The Bertz CT molecular complexity index is 1030. The highest BCUT2D eigenvalue weighted by molar-refractivity contribution is 6.00. The number of imide groups is 1. The van der Waals surface area contributed by atoms with Gasteiger partial charge in [0.1, 0.15) is 6.61 Å². The number of rotatable bonds is 9. The zero-order valence-corrected chi connectivity index (χ0v) is 18.7. The van der Waals surface area contributed by atoms with Crippen LogP contribution in [0, 0.1) is 0 Å². The zero-order chi connectivity index (χ0) is 25.6. The van der Waals surface area contributed by atoms with Gasteiger partial charge in [-0.3, -0.25) is 4.79 Å². The molecule has 11 heteroatoms. The van der Waals surface area contributed by atoms with Crippen LogP contribution in [0.5, 0.6) is 0 Å². The van der Waals surface area contributed by atoms with Gasteiger partial charge >= 0.3 is 18.2 Å². The molecule has 2 aromatic rings. The Labute approximate surface area is 199 Å². The molecule has 0 aromatic heterocycles. The highest BCUT2D eigenvalue weighted by atomic mass is 19.4. The van der Waals surface area contributed by atoms with Crippen LogP contribution in [0.1, 0.15) is 18.1 Å². The van der Waals surface area contributed by atoms with Crippen molar-refractivity contribution in [2.24, 2.45) is 0 Å². The quantitative estimate of drug-likeness (QED) is 0.534. The molecule has 8 nitrogen and oxygen atoms in total. The number of carbonyl (C=O) groups excluding carboxylic acids is 3. The maximum atomic E-state index is 14.1. The molecule has 2 unspecified atom stereocenters. The predicted octanol–water partition coefficient (Wildman–Crippen LogP) is 3.02. The van der Waals surface area contributed by atoms with Crippen molar-refractivity contribution >= 4 is 18.0 Å². The molecule has 2 amide bonds. The Balaban J connectivity index is 1.99. The van der Waals surface area contributed by atoms with Crippen molar-refractivity contribution in [3.8, 4) is 0 Å². The number of hydrogen-bond donors (Lipinski definition) is 1. The van der Waals surface area contributed by atoms with E-state index in [-0.39, 0.29) is 13.0 Å². The molecule has 35 heavy (non-hydrogen) atoms. The Morgan fingerprint density at radius 2 is 1.66 bits per heavy atom. The van der Waals surface area contributed by atoms with E-state index in [2.05, 4.69) is 4.74 Å². The molecule has 188 valence electrons. The number of aliphatic hydroxyl groups is 1. The van der Waals surface area contributed by atoms with E-state index in [4.69, 9.17) is 9.47 Å². The molecule has 1 fully saturated rings. The molecule has 1 aliphatic rings. The van der Waals surface area contributed by atoms with Gasteiger partial charge in [0.05, 0.1) is 19.3 Å². The SMILES string of the molecule is CCOC(=O)C(O)(C(OCc1ccccc1)C(=O)N1C(=O)OC[C@@H]1Cc1ccccc1)C(F)(F)F. The van der Waals surface area contributed by atoms with Gasteiger partial charge in [-0.15, -0.1) is 0 Å². The highest BCUT2D eigenvalue weighted by Crippen LogP contribution is 2.38. The maximum Gasteiger partial charge on any atom is 0.431 e. The molecule has 0 saturated carbocycles. The first-order valence-electron chi connectivity index (χ1n) is 10.7. The summed E-state index contributed by atoms with van der Waals surface area (Å²) in [5.41, 5.74) is -3.33. The first kappa shape index (κ1) is 26.2.